The molecule has 0 heterocycles. The number of hydrogen-bond donors (Lipinski definition) is 2. The number of carboxylic acids is 1. The summed E-state index contributed by atoms with van der Waals surface area (Å²) in [7, 11) is 5.93. The highest BCUT2D eigenvalue weighted by Gasteiger charge is 2.22. The largest absolute Gasteiger partial charge is 0.497 e. The molecule has 1 atom stereocenters. The van der Waals surface area contributed by atoms with Crippen LogP contribution in [-0.4, -0.2) is 45.4 Å². The summed E-state index contributed by atoms with van der Waals surface area (Å²) in [6.07, 6.45) is -0.306. The van der Waals surface area contributed by atoms with Gasteiger partial charge in [-0.05, 0) is 29.8 Å². The van der Waals surface area contributed by atoms with Crippen molar-refractivity contribution in [2.24, 2.45) is 0 Å². The van der Waals surface area contributed by atoms with Crippen LogP contribution in [0.15, 0.2) is 36.4 Å². The number of rotatable bonds is 9. The van der Waals surface area contributed by atoms with E-state index in [1.54, 1.807) is 36.4 Å². The molecule has 0 spiro atoms. The zero-order chi connectivity index (χ0) is 20.7. The molecule has 8 heteroatoms. The maximum Gasteiger partial charge on any atom is 0.305 e. The molecule has 1 unspecified atom stereocenters. The van der Waals surface area contributed by atoms with Crippen LogP contribution in [0.1, 0.15) is 28.4 Å². The number of carboxylic acid groups (broad SMARTS) is 1. The molecule has 0 saturated heterocycles. The molecule has 28 heavy (non-hydrogen) atoms. The number of benzene rings is 2. The van der Waals surface area contributed by atoms with Crippen molar-refractivity contribution in [3.05, 3.63) is 47.5 Å². The van der Waals surface area contributed by atoms with Crippen molar-refractivity contribution in [3.63, 3.8) is 0 Å². The number of methoxy groups -OCH3 is 4. The first-order chi connectivity index (χ1) is 13.4. The summed E-state index contributed by atoms with van der Waals surface area (Å²) in [4.78, 5) is 24.1. The molecule has 0 aliphatic rings. The van der Waals surface area contributed by atoms with Crippen LogP contribution in [0.2, 0.25) is 0 Å². The topological polar surface area (TPSA) is 103 Å². The van der Waals surface area contributed by atoms with Gasteiger partial charge in [-0.15, -0.1) is 0 Å². The molecule has 150 valence electrons. The van der Waals surface area contributed by atoms with Crippen molar-refractivity contribution >= 4 is 11.9 Å². The highest BCUT2D eigenvalue weighted by molar-refractivity contribution is 5.97. The first-order valence-electron chi connectivity index (χ1n) is 8.40. The SMILES string of the molecule is COc1ccc(C(=O)NC(CC(=O)O)c2ccc(OC)c(OC)c2)c(OC)c1. The molecule has 0 saturated carbocycles. The predicted octanol–water partition coefficient (Wildman–Crippen LogP) is 2.67. The monoisotopic (exact) mass is 389 g/mol. The predicted molar refractivity (Wildman–Crippen MR) is 102 cm³/mol. The molecule has 0 aliphatic heterocycles. The maximum atomic E-state index is 12.8. The second-order valence-corrected chi connectivity index (χ2v) is 5.80. The Labute approximate surface area is 163 Å². The Morgan fingerprint density at radius 1 is 0.893 bits per heavy atom. The summed E-state index contributed by atoms with van der Waals surface area (Å²) in [5, 5.41) is 12.0. The van der Waals surface area contributed by atoms with Crippen molar-refractivity contribution in [1.29, 1.82) is 0 Å². The standard InChI is InChI=1S/C20H23NO7/c1-25-13-6-7-14(17(10-13)27-3)20(24)21-15(11-19(22)23)12-5-8-16(26-2)18(9-12)28-4/h5-10,15H,11H2,1-4H3,(H,21,24)(H,22,23). The van der Waals surface area contributed by atoms with Crippen LogP contribution < -0.4 is 24.3 Å². The fourth-order valence-electron chi connectivity index (χ4n) is 2.72. The third kappa shape index (κ3) is 4.85. The van der Waals surface area contributed by atoms with Gasteiger partial charge in [-0.3, -0.25) is 9.59 Å². The Hall–Kier alpha value is -3.42. The van der Waals surface area contributed by atoms with Gasteiger partial charge >= 0.3 is 5.97 Å². The summed E-state index contributed by atoms with van der Waals surface area (Å²) < 4.78 is 20.8. The molecule has 2 aromatic carbocycles. The number of aliphatic carboxylic acids is 1. The molecule has 0 aromatic heterocycles. The number of carbonyl (C=O) groups excluding carboxylic acids is 1. The minimum atomic E-state index is -1.05. The average Bonchev–Trinajstić information content (AvgIpc) is 2.71. The number of hydrogen-bond acceptors (Lipinski definition) is 6. The van der Waals surface area contributed by atoms with E-state index in [9.17, 15) is 14.7 Å². The lowest BCUT2D eigenvalue weighted by Gasteiger charge is -2.20. The Balaban J connectivity index is 2.35. The number of carbonyl (C=O) groups is 2. The van der Waals surface area contributed by atoms with Gasteiger partial charge in [0.15, 0.2) is 11.5 Å². The third-order valence-corrected chi connectivity index (χ3v) is 4.15. The van der Waals surface area contributed by atoms with E-state index in [1.807, 2.05) is 0 Å². The summed E-state index contributed by atoms with van der Waals surface area (Å²) in [6.45, 7) is 0. The molecular weight excluding hydrogens is 366 g/mol. The van der Waals surface area contributed by atoms with Gasteiger partial charge in [-0.25, -0.2) is 0 Å². The molecule has 2 rings (SSSR count). The van der Waals surface area contributed by atoms with Gasteiger partial charge in [0.05, 0.1) is 46.5 Å². The Bertz CT molecular complexity index is 850. The van der Waals surface area contributed by atoms with E-state index in [0.717, 1.165) is 0 Å². The minimum Gasteiger partial charge on any atom is -0.497 e. The van der Waals surface area contributed by atoms with Crippen LogP contribution in [0.5, 0.6) is 23.0 Å². The van der Waals surface area contributed by atoms with Gasteiger partial charge in [-0.1, -0.05) is 6.07 Å². The normalized spacial score (nSPS) is 11.3. The van der Waals surface area contributed by atoms with E-state index >= 15 is 0 Å². The van der Waals surface area contributed by atoms with Gasteiger partial charge in [0.2, 0.25) is 0 Å². The zero-order valence-corrected chi connectivity index (χ0v) is 16.1. The van der Waals surface area contributed by atoms with Gasteiger partial charge < -0.3 is 29.4 Å². The van der Waals surface area contributed by atoms with E-state index < -0.39 is 17.9 Å². The van der Waals surface area contributed by atoms with Gasteiger partial charge in [0.1, 0.15) is 11.5 Å². The quantitative estimate of drug-likeness (QED) is 0.679. The molecule has 1 amide bonds. The maximum absolute atomic E-state index is 12.8. The molecule has 0 radical (unpaired) electrons. The van der Waals surface area contributed by atoms with Crippen molar-refractivity contribution < 1.29 is 33.6 Å². The lowest BCUT2D eigenvalue weighted by Crippen LogP contribution is -2.30. The van der Waals surface area contributed by atoms with Crippen molar-refractivity contribution in [1.82, 2.24) is 5.32 Å². The fraction of sp³-hybridized carbons (Fsp3) is 0.300. The van der Waals surface area contributed by atoms with Crippen molar-refractivity contribution in [2.75, 3.05) is 28.4 Å². The van der Waals surface area contributed by atoms with E-state index in [2.05, 4.69) is 5.32 Å². The minimum absolute atomic E-state index is 0.263. The highest BCUT2D eigenvalue weighted by Crippen LogP contribution is 2.31. The number of nitrogens with one attached hydrogen (secondary N) is 1. The van der Waals surface area contributed by atoms with Crippen LogP contribution in [0.4, 0.5) is 0 Å². The molecular formula is C20H23NO7. The van der Waals surface area contributed by atoms with Crippen LogP contribution in [0, 0.1) is 0 Å². The van der Waals surface area contributed by atoms with Crippen LogP contribution >= 0.6 is 0 Å². The smallest absolute Gasteiger partial charge is 0.305 e. The average molecular weight is 389 g/mol. The lowest BCUT2D eigenvalue weighted by molar-refractivity contribution is -0.137. The number of ether oxygens (including phenoxy) is 4. The molecule has 2 N–H and O–H groups in total. The van der Waals surface area contributed by atoms with E-state index in [0.29, 0.717) is 28.6 Å². The summed E-state index contributed by atoms with van der Waals surface area (Å²) >= 11 is 0. The summed E-state index contributed by atoms with van der Waals surface area (Å²) in [6, 6.07) is 8.95. The Morgan fingerprint density at radius 3 is 2.14 bits per heavy atom. The third-order valence-electron chi connectivity index (χ3n) is 4.15. The van der Waals surface area contributed by atoms with Gasteiger partial charge in [0, 0.05) is 6.07 Å². The van der Waals surface area contributed by atoms with Crippen LogP contribution in [-0.2, 0) is 4.79 Å². The summed E-state index contributed by atoms with van der Waals surface area (Å²) in [5.41, 5.74) is 0.833. The van der Waals surface area contributed by atoms with Crippen molar-refractivity contribution in [2.45, 2.75) is 12.5 Å². The number of amides is 1. The van der Waals surface area contributed by atoms with Crippen molar-refractivity contribution in [3.8, 4) is 23.0 Å². The van der Waals surface area contributed by atoms with E-state index in [1.165, 1.54) is 28.4 Å². The second-order valence-electron chi connectivity index (χ2n) is 5.80. The van der Waals surface area contributed by atoms with E-state index in [-0.39, 0.29) is 12.0 Å². The molecule has 0 fully saturated rings. The highest BCUT2D eigenvalue weighted by atomic mass is 16.5. The molecule has 0 bridgehead atoms. The molecule has 2 aromatic rings. The summed E-state index contributed by atoms with van der Waals surface area (Å²) in [5.74, 6) is 0.270. The van der Waals surface area contributed by atoms with E-state index in [4.69, 9.17) is 18.9 Å². The Morgan fingerprint density at radius 2 is 1.57 bits per heavy atom. The Kier molecular flexibility index (Phi) is 7.08. The first kappa shape index (κ1) is 20.9. The molecule has 8 nitrogen and oxygen atoms in total. The van der Waals surface area contributed by atoms with Crippen LogP contribution in [0.3, 0.4) is 0 Å². The van der Waals surface area contributed by atoms with Gasteiger partial charge in [-0.2, -0.15) is 0 Å². The molecule has 0 aliphatic carbocycles. The zero-order valence-electron chi connectivity index (χ0n) is 16.1. The lowest BCUT2D eigenvalue weighted by atomic mass is 10.0. The second kappa shape index (κ2) is 9.50. The fourth-order valence-corrected chi connectivity index (χ4v) is 2.72. The van der Waals surface area contributed by atoms with Gasteiger partial charge in [0.25, 0.3) is 5.91 Å². The van der Waals surface area contributed by atoms with Crippen LogP contribution in [0.25, 0.3) is 0 Å². The first-order valence-corrected chi connectivity index (χ1v) is 8.40.